The quantitative estimate of drug-likeness (QED) is 0.176. The van der Waals surface area contributed by atoms with E-state index in [0.29, 0.717) is 0 Å². The Kier molecular flexibility index (Phi) is 6.33. The highest BCUT2D eigenvalue weighted by atomic mass is 16.5. The second kappa shape index (κ2) is 11.0. The summed E-state index contributed by atoms with van der Waals surface area (Å²) in [6, 6.07) is 32.5. The molecule has 10 aromatic rings. The molecule has 0 spiro atoms. The summed E-state index contributed by atoms with van der Waals surface area (Å²) in [5.41, 5.74) is 14.0. The molecule has 10 rings (SSSR count). The van der Waals surface area contributed by atoms with Crippen molar-refractivity contribution in [2.75, 3.05) is 0 Å². The average molecular weight is 660 g/mol. The zero-order valence-electron chi connectivity index (χ0n) is 28.8. The largest absolute Gasteiger partial charge is 0.457 e. The fourth-order valence-electron chi connectivity index (χ4n) is 8.31. The molecular weight excluding hydrogens is 627 g/mol. The van der Waals surface area contributed by atoms with Crippen LogP contribution in [-0.2, 0) is 0 Å². The fraction of sp³-hybridized carbons (Fsp3) is 0.0889. The predicted octanol–water partition coefficient (Wildman–Crippen LogP) is 11.3. The number of aromatic nitrogens is 5. The minimum absolute atomic E-state index is 0.744. The van der Waals surface area contributed by atoms with Gasteiger partial charge in [-0.05, 0) is 126 Å². The molecule has 6 heteroatoms. The van der Waals surface area contributed by atoms with E-state index in [1.54, 1.807) is 0 Å². The first-order valence-electron chi connectivity index (χ1n) is 17.3. The van der Waals surface area contributed by atoms with E-state index in [-0.39, 0.29) is 0 Å². The van der Waals surface area contributed by atoms with Gasteiger partial charge in [-0.15, -0.1) is 0 Å². The van der Waals surface area contributed by atoms with Crippen molar-refractivity contribution in [1.82, 2.24) is 23.8 Å². The summed E-state index contributed by atoms with van der Waals surface area (Å²) in [6.07, 6.45) is 11.5. The summed E-state index contributed by atoms with van der Waals surface area (Å²) in [5.74, 6) is 1.49. The molecule has 0 bridgehead atoms. The van der Waals surface area contributed by atoms with Crippen molar-refractivity contribution in [2.45, 2.75) is 27.7 Å². The Hall–Kier alpha value is -6.53. The number of benzene rings is 5. The summed E-state index contributed by atoms with van der Waals surface area (Å²) in [7, 11) is 0. The Bertz CT molecular complexity index is 3020. The standard InChI is InChI=1S/C45H33N5O/c1-26-7-5-8-27(2)40(26)35-15-16-38-42(43(35)41-28(3)9-6-10-29(41)4)34-14-12-31(24-37(34)45-48-19-21-49(38)45)51-30-11-13-32-33-17-18-46-25-39(33)50-22-20-47-44(50)36(32)23-30/h5-25H,1-4H3. The Morgan fingerprint density at radius 2 is 1.08 bits per heavy atom. The van der Waals surface area contributed by atoms with Gasteiger partial charge in [0.05, 0.1) is 17.2 Å². The predicted molar refractivity (Wildman–Crippen MR) is 208 cm³/mol. The van der Waals surface area contributed by atoms with Crippen LogP contribution in [0.2, 0.25) is 0 Å². The van der Waals surface area contributed by atoms with Crippen molar-refractivity contribution in [3.8, 4) is 33.8 Å². The van der Waals surface area contributed by atoms with Gasteiger partial charge in [0, 0.05) is 58.1 Å². The van der Waals surface area contributed by atoms with E-state index in [1.165, 1.54) is 49.9 Å². The molecule has 0 radical (unpaired) electrons. The van der Waals surface area contributed by atoms with Crippen LogP contribution in [0.4, 0.5) is 0 Å². The summed E-state index contributed by atoms with van der Waals surface area (Å²) >= 11 is 0. The molecule has 6 nitrogen and oxygen atoms in total. The van der Waals surface area contributed by atoms with Gasteiger partial charge in [0.15, 0.2) is 0 Å². The summed E-state index contributed by atoms with van der Waals surface area (Å²) in [6.45, 7) is 8.87. The molecule has 0 aliphatic carbocycles. The van der Waals surface area contributed by atoms with E-state index in [9.17, 15) is 0 Å². The van der Waals surface area contributed by atoms with Gasteiger partial charge >= 0.3 is 0 Å². The molecule has 0 saturated carbocycles. The minimum Gasteiger partial charge on any atom is -0.457 e. The molecular formula is C45H33N5O. The Morgan fingerprint density at radius 3 is 1.75 bits per heavy atom. The highest BCUT2D eigenvalue weighted by molar-refractivity contribution is 6.20. The maximum Gasteiger partial charge on any atom is 0.145 e. The molecule has 0 fully saturated rings. The van der Waals surface area contributed by atoms with Crippen LogP contribution in [0.3, 0.4) is 0 Å². The zero-order chi connectivity index (χ0) is 34.4. The van der Waals surface area contributed by atoms with Crippen molar-refractivity contribution < 1.29 is 4.74 Å². The number of pyridine rings is 3. The van der Waals surface area contributed by atoms with Gasteiger partial charge in [0.1, 0.15) is 22.8 Å². The lowest BCUT2D eigenvalue weighted by Gasteiger charge is -2.22. The van der Waals surface area contributed by atoms with Gasteiger partial charge in [0.25, 0.3) is 0 Å². The van der Waals surface area contributed by atoms with Crippen LogP contribution in [0.15, 0.2) is 128 Å². The van der Waals surface area contributed by atoms with E-state index in [2.05, 4.69) is 133 Å². The monoisotopic (exact) mass is 659 g/mol. The highest BCUT2D eigenvalue weighted by Gasteiger charge is 2.22. The first kappa shape index (κ1) is 29.4. The average Bonchev–Trinajstić information content (AvgIpc) is 3.84. The van der Waals surface area contributed by atoms with Crippen LogP contribution in [0, 0.1) is 27.7 Å². The van der Waals surface area contributed by atoms with Gasteiger partial charge in [-0.2, -0.15) is 0 Å². The number of hydrogen-bond acceptors (Lipinski definition) is 4. The molecule has 244 valence electrons. The molecule has 0 amide bonds. The topological polar surface area (TPSA) is 56.7 Å². The molecule has 0 aliphatic heterocycles. The van der Waals surface area contributed by atoms with E-state index >= 15 is 0 Å². The van der Waals surface area contributed by atoms with E-state index < -0.39 is 0 Å². The molecule has 51 heavy (non-hydrogen) atoms. The van der Waals surface area contributed by atoms with Crippen molar-refractivity contribution in [3.63, 3.8) is 0 Å². The molecule has 0 aliphatic rings. The van der Waals surface area contributed by atoms with Gasteiger partial charge < -0.3 is 4.74 Å². The third-order valence-electron chi connectivity index (χ3n) is 10.5. The lowest BCUT2D eigenvalue weighted by atomic mass is 9.83. The normalized spacial score (nSPS) is 11.9. The lowest BCUT2D eigenvalue weighted by Crippen LogP contribution is -1.99. The molecule has 0 unspecified atom stereocenters. The Labute approximate surface area is 294 Å². The van der Waals surface area contributed by atoms with Crippen molar-refractivity contribution in [2.24, 2.45) is 0 Å². The number of aryl methyl sites for hydroxylation is 4. The van der Waals surface area contributed by atoms with Crippen molar-refractivity contribution in [1.29, 1.82) is 0 Å². The molecule has 5 heterocycles. The van der Waals surface area contributed by atoms with Crippen LogP contribution < -0.4 is 4.74 Å². The van der Waals surface area contributed by atoms with E-state index in [0.717, 1.165) is 60.8 Å². The first-order valence-corrected chi connectivity index (χ1v) is 17.3. The van der Waals surface area contributed by atoms with Crippen LogP contribution in [0.5, 0.6) is 11.5 Å². The van der Waals surface area contributed by atoms with E-state index in [4.69, 9.17) is 14.7 Å². The molecule has 5 aromatic carbocycles. The van der Waals surface area contributed by atoms with E-state index in [1.807, 2.05) is 37.1 Å². The molecule has 5 aromatic heterocycles. The van der Waals surface area contributed by atoms with Crippen LogP contribution in [0.1, 0.15) is 22.3 Å². The molecule has 0 N–H and O–H groups in total. The first-order chi connectivity index (χ1) is 25.0. The zero-order valence-corrected chi connectivity index (χ0v) is 28.8. The maximum atomic E-state index is 6.66. The number of imidazole rings is 2. The van der Waals surface area contributed by atoms with Crippen LogP contribution >= 0.6 is 0 Å². The van der Waals surface area contributed by atoms with Gasteiger partial charge in [-0.1, -0.05) is 42.5 Å². The SMILES string of the molecule is Cc1cccc(C)c1-c1ccc2c(c1-c1c(C)cccc1C)c1ccc(Oc3ccc4c5ccncc5n5ccnc5c4c3)cc1c1nccn21. The van der Waals surface area contributed by atoms with Gasteiger partial charge in [0.2, 0.25) is 0 Å². The Morgan fingerprint density at radius 1 is 0.490 bits per heavy atom. The van der Waals surface area contributed by atoms with Crippen LogP contribution in [0.25, 0.3) is 76.9 Å². The second-order valence-electron chi connectivity index (χ2n) is 13.6. The molecule has 0 saturated heterocycles. The van der Waals surface area contributed by atoms with Crippen molar-refractivity contribution >= 4 is 54.6 Å². The minimum atomic E-state index is 0.744. The third-order valence-corrected chi connectivity index (χ3v) is 10.5. The third kappa shape index (κ3) is 4.33. The number of hydrogen-bond donors (Lipinski definition) is 0. The number of ether oxygens (including phenoxy) is 1. The second-order valence-corrected chi connectivity index (χ2v) is 13.6. The van der Waals surface area contributed by atoms with Crippen molar-refractivity contribution in [3.05, 3.63) is 150 Å². The number of rotatable bonds is 4. The highest BCUT2D eigenvalue weighted by Crippen LogP contribution is 2.46. The van der Waals surface area contributed by atoms with Gasteiger partial charge in [-0.3, -0.25) is 13.8 Å². The van der Waals surface area contributed by atoms with Gasteiger partial charge in [-0.25, -0.2) is 9.97 Å². The fourth-order valence-corrected chi connectivity index (χ4v) is 8.31. The smallest absolute Gasteiger partial charge is 0.145 e. The lowest BCUT2D eigenvalue weighted by molar-refractivity contribution is 0.484. The summed E-state index contributed by atoms with van der Waals surface area (Å²) in [5, 5.41) is 6.63. The Balaban J connectivity index is 1.22. The molecule has 0 atom stereocenters. The summed E-state index contributed by atoms with van der Waals surface area (Å²) < 4.78 is 11.0. The number of fused-ring (bicyclic) bond motifs is 12. The maximum absolute atomic E-state index is 6.66. The number of nitrogens with zero attached hydrogens (tertiary/aromatic N) is 5. The van der Waals surface area contributed by atoms with Crippen LogP contribution in [-0.4, -0.2) is 23.8 Å². The summed E-state index contributed by atoms with van der Waals surface area (Å²) in [4.78, 5) is 13.9.